The van der Waals surface area contributed by atoms with Crippen LogP contribution in [0.25, 0.3) is 6.08 Å². The first-order valence-electron chi connectivity index (χ1n) is 6.22. The number of rotatable bonds is 1. The summed E-state index contributed by atoms with van der Waals surface area (Å²) >= 11 is 6.10. The topological polar surface area (TPSA) is 38.3 Å². The van der Waals surface area contributed by atoms with E-state index in [-0.39, 0.29) is 12.5 Å². The van der Waals surface area contributed by atoms with Crippen LogP contribution in [0.5, 0.6) is 5.75 Å². The van der Waals surface area contributed by atoms with Gasteiger partial charge >= 0.3 is 0 Å². The van der Waals surface area contributed by atoms with Gasteiger partial charge < -0.3 is 10.1 Å². The van der Waals surface area contributed by atoms with Crippen LogP contribution in [0, 0.1) is 0 Å². The average molecular weight is 286 g/mol. The minimum Gasteiger partial charge on any atom is -0.487 e. The normalized spacial score (nSPS) is 16.1. The molecule has 0 aromatic heterocycles. The Balaban J connectivity index is 1.94. The Hall–Kier alpha value is -2.26. The first kappa shape index (κ1) is 12.8. The number of halogens is 1. The van der Waals surface area contributed by atoms with Crippen molar-refractivity contribution in [1.82, 2.24) is 0 Å². The molecule has 0 aliphatic carbocycles. The second-order valence-corrected chi connectivity index (χ2v) is 4.84. The van der Waals surface area contributed by atoms with Crippen LogP contribution in [-0.4, -0.2) is 12.5 Å². The van der Waals surface area contributed by atoms with E-state index in [4.69, 9.17) is 16.3 Å². The third-order valence-electron chi connectivity index (χ3n) is 3.05. The summed E-state index contributed by atoms with van der Waals surface area (Å²) < 4.78 is 5.65. The smallest absolute Gasteiger partial charge is 0.255 e. The first-order valence-corrected chi connectivity index (χ1v) is 6.60. The van der Waals surface area contributed by atoms with Crippen LogP contribution < -0.4 is 10.1 Å². The molecule has 1 heterocycles. The van der Waals surface area contributed by atoms with E-state index in [0.29, 0.717) is 22.0 Å². The third kappa shape index (κ3) is 2.53. The average Bonchev–Trinajstić information content (AvgIpc) is 2.61. The van der Waals surface area contributed by atoms with Crippen LogP contribution in [0.3, 0.4) is 0 Å². The maximum absolute atomic E-state index is 12.2. The van der Waals surface area contributed by atoms with Crippen LogP contribution in [0.1, 0.15) is 5.56 Å². The molecule has 100 valence electrons. The first-order chi connectivity index (χ1) is 9.74. The number of fused-ring (bicyclic) bond motifs is 1. The van der Waals surface area contributed by atoms with Gasteiger partial charge in [0, 0.05) is 5.02 Å². The molecule has 2 aromatic rings. The largest absolute Gasteiger partial charge is 0.487 e. The molecule has 1 amide bonds. The standard InChI is InChI=1S/C16H12ClNO2/c17-13-6-2-1-5-11(13)9-12-10-20-15-8-4-3-7-14(15)18-16(12)19/h1-9H,10H2,(H,18,19)/b12-9+. The van der Waals surface area contributed by atoms with Gasteiger partial charge in [0.1, 0.15) is 12.4 Å². The lowest BCUT2D eigenvalue weighted by molar-refractivity contribution is -0.112. The Labute approximate surface area is 121 Å². The summed E-state index contributed by atoms with van der Waals surface area (Å²) in [6.07, 6.45) is 1.75. The third-order valence-corrected chi connectivity index (χ3v) is 3.39. The Morgan fingerprint density at radius 2 is 1.85 bits per heavy atom. The summed E-state index contributed by atoms with van der Waals surface area (Å²) in [5, 5.41) is 3.44. The lowest BCUT2D eigenvalue weighted by Crippen LogP contribution is -2.15. The summed E-state index contributed by atoms with van der Waals surface area (Å²) in [7, 11) is 0. The minimum absolute atomic E-state index is 0.171. The number of carbonyl (C=O) groups is 1. The molecule has 0 bridgehead atoms. The molecule has 4 heteroatoms. The van der Waals surface area contributed by atoms with Crippen molar-refractivity contribution in [1.29, 1.82) is 0 Å². The SMILES string of the molecule is O=C1Nc2ccccc2OC/C1=C\c1ccccc1Cl. The second-order valence-electron chi connectivity index (χ2n) is 4.43. The molecule has 1 aliphatic rings. The number of hydrogen-bond acceptors (Lipinski definition) is 2. The van der Waals surface area contributed by atoms with Crippen LogP contribution in [0.4, 0.5) is 5.69 Å². The van der Waals surface area contributed by atoms with E-state index < -0.39 is 0 Å². The number of carbonyl (C=O) groups excluding carboxylic acids is 1. The molecule has 2 aromatic carbocycles. The van der Waals surface area contributed by atoms with E-state index in [1.54, 1.807) is 12.1 Å². The molecular formula is C16H12ClNO2. The fourth-order valence-electron chi connectivity index (χ4n) is 2.01. The van der Waals surface area contributed by atoms with Crippen molar-refractivity contribution >= 4 is 29.3 Å². The monoisotopic (exact) mass is 285 g/mol. The van der Waals surface area contributed by atoms with Crippen molar-refractivity contribution in [3.8, 4) is 5.75 Å². The summed E-state index contributed by atoms with van der Waals surface area (Å²) in [6.45, 7) is 0.216. The molecular weight excluding hydrogens is 274 g/mol. The Morgan fingerprint density at radius 3 is 2.70 bits per heavy atom. The summed E-state index contributed by atoms with van der Waals surface area (Å²) in [5.74, 6) is 0.498. The van der Waals surface area contributed by atoms with Crippen molar-refractivity contribution in [2.45, 2.75) is 0 Å². The fraction of sp³-hybridized carbons (Fsp3) is 0.0625. The molecule has 0 spiro atoms. The summed E-state index contributed by atoms with van der Waals surface area (Å²) in [5.41, 5.74) is 2.02. The van der Waals surface area contributed by atoms with Gasteiger partial charge in [0.25, 0.3) is 5.91 Å². The maximum atomic E-state index is 12.2. The summed E-state index contributed by atoms with van der Waals surface area (Å²) in [6, 6.07) is 14.7. The van der Waals surface area contributed by atoms with E-state index >= 15 is 0 Å². The van der Waals surface area contributed by atoms with E-state index in [1.165, 1.54) is 0 Å². The molecule has 0 fully saturated rings. The Bertz CT molecular complexity index is 694. The van der Waals surface area contributed by atoms with Crippen molar-refractivity contribution in [3.63, 3.8) is 0 Å². The number of benzene rings is 2. The van der Waals surface area contributed by atoms with Crippen molar-refractivity contribution in [2.24, 2.45) is 0 Å². The lowest BCUT2D eigenvalue weighted by Gasteiger charge is -2.04. The van der Waals surface area contributed by atoms with Gasteiger partial charge in [-0.3, -0.25) is 4.79 Å². The van der Waals surface area contributed by atoms with Gasteiger partial charge in [-0.1, -0.05) is 41.9 Å². The van der Waals surface area contributed by atoms with Gasteiger partial charge in [-0.2, -0.15) is 0 Å². The Kier molecular flexibility index (Phi) is 3.44. The van der Waals surface area contributed by atoms with Gasteiger partial charge in [-0.05, 0) is 29.8 Å². The molecule has 0 saturated heterocycles. The molecule has 3 nitrogen and oxygen atoms in total. The molecule has 3 rings (SSSR count). The molecule has 1 aliphatic heterocycles. The number of ether oxygens (including phenoxy) is 1. The fourth-order valence-corrected chi connectivity index (χ4v) is 2.20. The number of para-hydroxylation sites is 2. The van der Waals surface area contributed by atoms with Crippen molar-refractivity contribution in [2.75, 3.05) is 11.9 Å². The highest BCUT2D eigenvalue weighted by molar-refractivity contribution is 6.32. The van der Waals surface area contributed by atoms with Gasteiger partial charge in [-0.15, -0.1) is 0 Å². The molecule has 20 heavy (non-hydrogen) atoms. The zero-order valence-electron chi connectivity index (χ0n) is 10.6. The van der Waals surface area contributed by atoms with Gasteiger partial charge in [0.15, 0.2) is 0 Å². The maximum Gasteiger partial charge on any atom is 0.255 e. The molecule has 0 saturated carbocycles. The van der Waals surface area contributed by atoms with Crippen molar-refractivity contribution in [3.05, 3.63) is 64.7 Å². The molecule has 0 radical (unpaired) electrons. The zero-order valence-corrected chi connectivity index (χ0v) is 11.4. The van der Waals surface area contributed by atoms with Crippen LogP contribution >= 0.6 is 11.6 Å². The van der Waals surface area contributed by atoms with Gasteiger partial charge in [0.05, 0.1) is 11.3 Å². The van der Waals surface area contributed by atoms with E-state index in [2.05, 4.69) is 5.32 Å². The lowest BCUT2D eigenvalue weighted by atomic mass is 10.1. The predicted molar refractivity (Wildman–Crippen MR) is 80.0 cm³/mol. The van der Waals surface area contributed by atoms with E-state index in [1.807, 2.05) is 42.5 Å². The van der Waals surface area contributed by atoms with E-state index in [9.17, 15) is 4.79 Å². The Morgan fingerprint density at radius 1 is 1.10 bits per heavy atom. The molecule has 0 unspecified atom stereocenters. The van der Waals surface area contributed by atoms with Gasteiger partial charge in [-0.25, -0.2) is 0 Å². The quantitative estimate of drug-likeness (QED) is 0.810. The minimum atomic E-state index is -0.171. The summed E-state index contributed by atoms with van der Waals surface area (Å²) in [4.78, 5) is 12.2. The van der Waals surface area contributed by atoms with Gasteiger partial charge in [0.2, 0.25) is 0 Å². The number of amides is 1. The van der Waals surface area contributed by atoms with E-state index in [0.717, 1.165) is 5.56 Å². The highest BCUT2D eigenvalue weighted by Gasteiger charge is 2.18. The van der Waals surface area contributed by atoms with Crippen LogP contribution in [0.2, 0.25) is 5.02 Å². The van der Waals surface area contributed by atoms with Crippen LogP contribution in [0.15, 0.2) is 54.1 Å². The zero-order chi connectivity index (χ0) is 13.9. The number of anilines is 1. The highest BCUT2D eigenvalue weighted by Crippen LogP contribution is 2.28. The number of nitrogens with one attached hydrogen (secondary N) is 1. The molecule has 0 atom stereocenters. The highest BCUT2D eigenvalue weighted by atomic mass is 35.5. The predicted octanol–water partition coefficient (Wildman–Crippen LogP) is 3.75. The van der Waals surface area contributed by atoms with Crippen LogP contribution in [-0.2, 0) is 4.79 Å². The number of hydrogen-bond donors (Lipinski definition) is 1. The van der Waals surface area contributed by atoms with Crippen molar-refractivity contribution < 1.29 is 9.53 Å². The second kappa shape index (κ2) is 5.39. The molecule has 1 N–H and O–H groups in total.